The molecule has 0 fully saturated rings. The third-order valence-corrected chi connectivity index (χ3v) is 6.68. The summed E-state index contributed by atoms with van der Waals surface area (Å²) in [4.78, 5) is 14.3. The van der Waals surface area contributed by atoms with Crippen LogP contribution in [0.2, 0.25) is 10.0 Å². The molecule has 7 heteroatoms. The molecule has 0 saturated carbocycles. The first-order valence-corrected chi connectivity index (χ1v) is 12.0. The summed E-state index contributed by atoms with van der Waals surface area (Å²) in [5.74, 6) is -2.52. The highest BCUT2D eigenvalue weighted by atomic mass is 35.5. The molecule has 0 spiro atoms. The Kier molecular flexibility index (Phi) is 7.73. The molecule has 5 nitrogen and oxygen atoms in total. The van der Waals surface area contributed by atoms with Crippen molar-refractivity contribution in [2.24, 2.45) is 0 Å². The Morgan fingerprint density at radius 2 is 0.944 bits per heavy atom. The average Bonchev–Trinajstić information content (AvgIpc) is 2.84. The van der Waals surface area contributed by atoms with Crippen molar-refractivity contribution in [3.63, 3.8) is 0 Å². The Balaban J connectivity index is 1.81. The van der Waals surface area contributed by atoms with E-state index in [4.69, 9.17) is 23.2 Å². The van der Waals surface area contributed by atoms with Gasteiger partial charge in [0.1, 0.15) is 28.8 Å². The van der Waals surface area contributed by atoms with E-state index >= 15 is 0 Å². The molecule has 0 aliphatic rings. The molecule has 36 heavy (non-hydrogen) atoms. The maximum absolute atomic E-state index is 14.3. The van der Waals surface area contributed by atoms with E-state index < -0.39 is 11.8 Å². The molecule has 0 aromatic heterocycles. The summed E-state index contributed by atoms with van der Waals surface area (Å²) >= 11 is 12.1. The highest BCUT2D eigenvalue weighted by molar-refractivity contribution is 6.30. The molecular weight excluding hydrogens is 499 g/mol. The number of halogens is 2. The summed E-state index contributed by atoms with van der Waals surface area (Å²) in [6.45, 7) is 0. The van der Waals surface area contributed by atoms with E-state index in [0.717, 1.165) is 11.1 Å². The highest BCUT2D eigenvalue weighted by Gasteiger charge is 2.33. The van der Waals surface area contributed by atoms with Gasteiger partial charge in [0, 0.05) is 33.3 Å². The lowest BCUT2D eigenvalue weighted by atomic mass is 9.77. The van der Waals surface area contributed by atoms with Crippen LogP contribution in [-0.2, 0) is 17.6 Å². The monoisotopic (exact) mass is 522 g/mol. The second kappa shape index (κ2) is 10.9. The summed E-state index contributed by atoms with van der Waals surface area (Å²) in [5, 5.41) is 42.1. The standard InChI is InChI=1S/C29H24Cl2O5/c30-19-5-1-17(2-6-19)13-25(23-11-9-21(32)15-27(23)34)29(36)26(14-18-3-7-20(31)8-4-18)24-12-10-22(33)16-28(24)35/h1-12,15-16,25-26,32-35H,13-14H2. The first-order chi connectivity index (χ1) is 17.2. The maximum atomic E-state index is 14.3. The number of hydrogen-bond acceptors (Lipinski definition) is 5. The van der Waals surface area contributed by atoms with E-state index in [1.165, 1.54) is 36.4 Å². The Morgan fingerprint density at radius 1 is 0.583 bits per heavy atom. The van der Waals surface area contributed by atoms with Gasteiger partial charge in [0.05, 0.1) is 11.8 Å². The number of aromatic hydroxyl groups is 4. The summed E-state index contributed by atoms with van der Waals surface area (Å²) in [6, 6.07) is 22.5. The first kappa shape index (κ1) is 25.4. The van der Waals surface area contributed by atoms with Gasteiger partial charge in [0.15, 0.2) is 0 Å². The highest BCUT2D eigenvalue weighted by Crippen LogP contribution is 2.40. The van der Waals surface area contributed by atoms with E-state index in [9.17, 15) is 25.2 Å². The topological polar surface area (TPSA) is 98.0 Å². The lowest BCUT2D eigenvalue weighted by molar-refractivity contribution is -0.122. The summed E-state index contributed by atoms with van der Waals surface area (Å²) in [6.07, 6.45) is 0.509. The second-order valence-electron chi connectivity index (χ2n) is 8.65. The van der Waals surface area contributed by atoms with Crippen LogP contribution in [0.25, 0.3) is 0 Å². The number of carbonyl (C=O) groups is 1. The van der Waals surface area contributed by atoms with E-state index in [0.29, 0.717) is 21.2 Å². The molecule has 0 amide bonds. The lowest BCUT2D eigenvalue weighted by Crippen LogP contribution is -2.24. The minimum atomic E-state index is -0.808. The second-order valence-corrected chi connectivity index (χ2v) is 9.53. The number of phenols is 4. The van der Waals surface area contributed by atoms with Crippen molar-refractivity contribution in [3.8, 4) is 23.0 Å². The van der Waals surface area contributed by atoms with E-state index in [-0.39, 0.29) is 41.6 Å². The van der Waals surface area contributed by atoms with E-state index in [1.54, 1.807) is 24.3 Å². The minimum absolute atomic E-state index is 0.122. The summed E-state index contributed by atoms with van der Waals surface area (Å²) in [7, 11) is 0. The fourth-order valence-electron chi connectivity index (χ4n) is 4.34. The molecule has 0 bridgehead atoms. The van der Waals surface area contributed by atoms with Crippen LogP contribution < -0.4 is 0 Å². The molecule has 0 heterocycles. The zero-order valence-corrected chi connectivity index (χ0v) is 20.6. The quantitative estimate of drug-likeness (QED) is 0.205. The Bertz CT molecular complexity index is 1260. The largest absolute Gasteiger partial charge is 0.508 e. The summed E-state index contributed by atoms with van der Waals surface area (Å²) in [5.41, 5.74) is 2.36. The van der Waals surface area contributed by atoms with Crippen molar-refractivity contribution in [2.45, 2.75) is 24.7 Å². The predicted molar refractivity (Wildman–Crippen MR) is 140 cm³/mol. The number of Topliss-reactive ketones (excluding diaryl/α,β-unsaturated/α-hetero) is 1. The van der Waals surface area contributed by atoms with Gasteiger partial charge in [-0.05, 0) is 60.4 Å². The molecule has 4 N–H and O–H groups in total. The predicted octanol–water partition coefficient (Wildman–Crippen LogP) is 6.74. The molecule has 0 aliphatic heterocycles. The average molecular weight is 523 g/mol. The van der Waals surface area contributed by atoms with Crippen molar-refractivity contribution < 1.29 is 25.2 Å². The van der Waals surface area contributed by atoms with Crippen molar-refractivity contribution in [1.29, 1.82) is 0 Å². The zero-order valence-electron chi connectivity index (χ0n) is 19.1. The molecule has 4 rings (SSSR count). The van der Waals surface area contributed by atoms with Crippen molar-refractivity contribution >= 4 is 29.0 Å². The molecule has 0 aliphatic carbocycles. The van der Waals surface area contributed by atoms with Crippen molar-refractivity contribution in [3.05, 3.63) is 117 Å². The zero-order chi connectivity index (χ0) is 25.8. The van der Waals surface area contributed by atoms with Crippen LogP contribution in [0.5, 0.6) is 23.0 Å². The molecule has 4 aromatic carbocycles. The van der Waals surface area contributed by atoms with Crippen LogP contribution in [0.3, 0.4) is 0 Å². The van der Waals surface area contributed by atoms with E-state index in [2.05, 4.69) is 0 Å². The van der Waals surface area contributed by atoms with E-state index in [1.807, 2.05) is 24.3 Å². The van der Waals surface area contributed by atoms with Gasteiger partial charge in [-0.3, -0.25) is 4.79 Å². The molecule has 2 unspecified atom stereocenters. The fourth-order valence-corrected chi connectivity index (χ4v) is 4.59. The van der Waals surface area contributed by atoms with Gasteiger partial charge in [-0.2, -0.15) is 0 Å². The number of benzene rings is 4. The van der Waals surface area contributed by atoms with Gasteiger partial charge in [-0.25, -0.2) is 0 Å². The normalized spacial score (nSPS) is 12.7. The Hall–Kier alpha value is -3.67. The van der Waals surface area contributed by atoms with Gasteiger partial charge >= 0.3 is 0 Å². The van der Waals surface area contributed by atoms with Crippen LogP contribution in [0, 0.1) is 0 Å². The van der Waals surface area contributed by atoms with Crippen LogP contribution in [0.4, 0.5) is 0 Å². The SMILES string of the molecule is O=C(C(Cc1ccc(Cl)cc1)c1ccc(O)cc1O)C(Cc1ccc(Cl)cc1)c1ccc(O)cc1O. The number of phenolic OH excluding ortho intramolecular Hbond substituents is 4. The molecule has 0 radical (unpaired) electrons. The van der Waals surface area contributed by atoms with Crippen molar-refractivity contribution in [1.82, 2.24) is 0 Å². The number of rotatable bonds is 8. The maximum Gasteiger partial charge on any atom is 0.148 e. The number of hydrogen-bond donors (Lipinski definition) is 4. The summed E-state index contributed by atoms with van der Waals surface area (Å²) < 4.78 is 0. The van der Waals surface area contributed by atoms with Crippen LogP contribution in [0.15, 0.2) is 84.9 Å². The minimum Gasteiger partial charge on any atom is -0.508 e. The molecule has 0 saturated heterocycles. The van der Waals surface area contributed by atoms with Gasteiger partial charge in [0.25, 0.3) is 0 Å². The Labute approximate surface area is 218 Å². The Morgan fingerprint density at radius 3 is 1.28 bits per heavy atom. The molecule has 184 valence electrons. The van der Waals surface area contributed by atoms with Crippen LogP contribution in [-0.4, -0.2) is 26.2 Å². The lowest BCUT2D eigenvalue weighted by Gasteiger charge is -2.25. The fraction of sp³-hybridized carbons (Fsp3) is 0.138. The van der Waals surface area contributed by atoms with Gasteiger partial charge in [0.2, 0.25) is 0 Å². The van der Waals surface area contributed by atoms with Gasteiger partial charge < -0.3 is 20.4 Å². The van der Waals surface area contributed by atoms with Gasteiger partial charge in [-0.15, -0.1) is 0 Å². The van der Waals surface area contributed by atoms with Crippen LogP contribution in [0.1, 0.15) is 34.1 Å². The van der Waals surface area contributed by atoms with Crippen molar-refractivity contribution in [2.75, 3.05) is 0 Å². The first-order valence-electron chi connectivity index (χ1n) is 11.3. The third kappa shape index (κ3) is 5.93. The van der Waals surface area contributed by atoms with Gasteiger partial charge in [-0.1, -0.05) is 59.6 Å². The molecule has 2 atom stereocenters. The number of carbonyl (C=O) groups excluding carboxylic acids is 1. The number of ketones is 1. The third-order valence-electron chi connectivity index (χ3n) is 6.17. The van der Waals surface area contributed by atoms with Crippen LogP contribution >= 0.6 is 23.2 Å². The molecule has 4 aromatic rings. The molecular formula is C29H24Cl2O5. The smallest absolute Gasteiger partial charge is 0.148 e.